The second-order valence-electron chi connectivity index (χ2n) is 5.56. The molecule has 0 bridgehead atoms. The van der Waals surface area contributed by atoms with Crippen LogP contribution in [0.5, 0.6) is 0 Å². The van der Waals surface area contributed by atoms with Crippen LogP contribution < -0.4 is 5.32 Å². The van der Waals surface area contributed by atoms with Crippen LogP contribution >= 0.6 is 34.8 Å². The number of halogens is 4. The first-order chi connectivity index (χ1) is 12.0. The molecule has 1 heterocycles. The van der Waals surface area contributed by atoms with Crippen LogP contribution in [0.3, 0.4) is 0 Å². The predicted octanol–water partition coefficient (Wildman–Crippen LogP) is 6.38. The summed E-state index contributed by atoms with van der Waals surface area (Å²) in [6.45, 7) is 1.33. The van der Waals surface area contributed by atoms with Crippen molar-refractivity contribution < 1.29 is 8.81 Å². The monoisotopic (exact) mass is 397 g/mol. The first-order valence-electron chi connectivity index (χ1n) is 7.72. The lowest BCUT2D eigenvalue weighted by Crippen LogP contribution is -2.16. The minimum atomic E-state index is -0.445. The normalized spacial score (nSPS) is 11.0. The molecule has 6 heteroatoms. The lowest BCUT2D eigenvalue weighted by molar-refractivity contribution is 0.494. The maximum absolute atomic E-state index is 13.2. The fraction of sp³-hybridized carbons (Fsp3) is 0.158. The Morgan fingerprint density at radius 2 is 1.76 bits per heavy atom. The average molecular weight is 399 g/mol. The van der Waals surface area contributed by atoms with E-state index in [2.05, 4.69) is 5.32 Å². The zero-order valence-corrected chi connectivity index (χ0v) is 15.4. The molecule has 0 spiro atoms. The Balaban J connectivity index is 1.54. The predicted molar refractivity (Wildman–Crippen MR) is 101 cm³/mol. The molecule has 0 aliphatic carbocycles. The summed E-state index contributed by atoms with van der Waals surface area (Å²) >= 11 is 17.8. The van der Waals surface area contributed by atoms with E-state index in [0.717, 1.165) is 29.9 Å². The Hall–Kier alpha value is -1.52. The van der Waals surface area contributed by atoms with Crippen molar-refractivity contribution in [2.75, 3.05) is 6.54 Å². The molecular weight excluding hydrogens is 384 g/mol. The molecule has 130 valence electrons. The van der Waals surface area contributed by atoms with Gasteiger partial charge < -0.3 is 9.73 Å². The van der Waals surface area contributed by atoms with E-state index in [0.29, 0.717) is 22.4 Å². The number of hydrogen-bond donors (Lipinski definition) is 1. The van der Waals surface area contributed by atoms with E-state index in [-0.39, 0.29) is 5.02 Å². The zero-order valence-electron chi connectivity index (χ0n) is 13.2. The SMILES string of the molecule is Fc1ccc(-c2ccc(CNCCc3ccc(Cl)cc3Cl)o2)cc1Cl. The summed E-state index contributed by atoms with van der Waals surface area (Å²) < 4.78 is 19.0. The third kappa shape index (κ3) is 4.77. The molecule has 0 saturated carbocycles. The summed E-state index contributed by atoms with van der Waals surface area (Å²) in [6.07, 6.45) is 0.789. The number of benzene rings is 2. The Kier molecular flexibility index (Phi) is 6.02. The van der Waals surface area contributed by atoms with Crippen molar-refractivity contribution in [3.63, 3.8) is 0 Å². The van der Waals surface area contributed by atoms with Gasteiger partial charge in [0.05, 0.1) is 11.6 Å². The van der Waals surface area contributed by atoms with Gasteiger partial charge in [-0.25, -0.2) is 4.39 Å². The van der Waals surface area contributed by atoms with Gasteiger partial charge in [0.25, 0.3) is 0 Å². The highest BCUT2D eigenvalue weighted by molar-refractivity contribution is 6.35. The lowest BCUT2D eigenvalue weighted by atomic mass is 10.1. The molecule has 0 aliphatic heterocycles. The average Bonchev–Trinajstić information content (AvgIpc) is 3.04. The molecule has 0 amide bonds. The maximum atomic E-state index is 13.2. The molecule has 0 atom stereocenters. The largest absolute Gasteiger partial charge is 0.460 e. The van der Waals surface area contributed by atoms with Gasteiger partial charge in [-0.15, -0.1) is 0 Å². The summed E-state index contributed by atoms with van der Waals surface area (Å²) in [5, 5.41) is 4.68. The van der Waals surface area contributed by atoms with Crippen LogP contribution in [0.15, 0.2) is 52.9 Å². The van der Waals surface area contributed by atoms with Crippen LogP contribution in [0.1, 0.15) is 11.3 Å². The quantitative estimate of drug-likeness (QED) is 0.487. The second-order valence-corrected chi connectivity index (χ2v) is 6.81. The van der Waals surface area contributed by atoms with E-state index in [1.54, 1.807) is 18.2 Å². The molecule has 2 aromatic carbocycles. The van der Waals surface area contributed by atoms with Crippen molar-refractivity contribution >= 4 is 34.8 Å². The third-order valence-electron chi connectivity index (χ3n) is 3.75. The standard InChI is InChI=1S/C19H15Cl3FNO/c20-14-3-1-12(16(21)10-14)7-8-24-11-15-4-6-19(25-15)13-2-5-18(23)17(22)9-13/h1-6,9-10,24H,7-8,11H2. The Labute approximate surface area is 160 Å². The molecule has 3 rings (SSSR count). The molecule has 0 aliphatic rings. The van der Waals surface area contributed by atoms with Crippen molar-refractivity contribution in [2.45, 2.75) is 13.0 Å². The Morgan fingerprint density at radius 3 is 2.52 bits per heavy atom. The van der Waals surface area contributed by atoms with Crippen LogP contribution in [0, 0.1) is 5.82 Å². The van der Waals surface area contributed by atoms with Crippen molar-refractivity contribution in [1.29, 1.82) is 0 Å². The van der Waals surface area contributed by atoms with Crippen LogP contribution in [0.2, 0.25) is 15.1 Å². The number of rotatable bonds is 6. The highest BCUT2D eigenvalue weighted by Gasteiger charge is 2.08. The van der Waals surface area contributed by atoms with Gasteiger partial charge in [0, 0.05) is 15.6 Å². The van der Waals surface area contributed by atoms with Crippen LogP contribution in [-0.2, 0) is 13.0 Å². The first-order valence-corrected chi connectivity index (χ1v) is 8.85. The van der Waals surface area contributed by atoms with E-state index in [1.165, 1.54) is 6.07 Å². The zero-order chi connectivity index (χ0) is 17.8. The fourth-order valence-electron chi connectivity index (χ4n) is 2.44. The van der Waals surface area contributed by atoms with Gasteiger partial charge in [-0.2, -0.15) is 0 Å². The Morgan fingerprint density at radius 1 is 0.920 bits per heavy atom. The summed E-state index contributed by atoms with van der Waals surface area (Å²) in [4.78, 5) is 0. The minimum absolute atomic E-state index is 0.0772. The molecule has 1 N–H and O–H groups in total. The number of furan rings is 1. The van der Waals surface area contributed by atoms with Crippen LogP contribution in [0.4, 0.5) is 4.39 Å². The smallest absolute Gasteiger partial charge is 0.141 e. The lowest BCUT2D eigenvalue weighted by Gasteiger charge is -2.06. The van der Waals surface area contributed by atoms with Gasteiger partial charge in [-0.05, 0) is 61.0 Å². The van der Waals surface area contributed by atoms with Crippen LogP contribution in [0.25, 0.3) is 11.3 Å². The van der Waals surface area contributed by atoms with Gasteiger partial charge in [-0.1, -0.05) is 40.9 Å². The maximum Gasteiger partial charge on any atom is 0.141 e. The molecule has 0 saturated heterocycles. The van der Waals surface area contributed by atoms with Crippen molar-refractivity contribution in [3.8, 4) is 11.3 Å². The van der Waals surface area contributed by atoms with Crippen LogP contribution in [-0.4, -0.2) is 6.54 Å². The molecular formula is C19H15Cl3FNO. The van der Waals surface area contributed by atoms with Crippen molar-refractivity contribution in [1.82, 2.24) is 5.32 Å². The highest BCUT2D eigenvalue weighted by atomic mass is 35.5. The first kappa shape index (κ1) is 18.3. The van der Waals surface area contributed by atoms with Gasteiger partial charge in [0.2, 0.25) is 0 Å². The van der Waals surface area contributed by atoms with Crippen molar-refractivity contribution in [3.05, 3.63) is 80.7 Å². The highest BCUT2D eigenvalue weighted by Crippen LogP contribution is 2.26. The van der Waals surface area contributed by atoms with E-state index in [1.807, 2.05) is 24.3 Å². The molecule has 0 radical (unpaired) electrons. The molecule has 25 heavy (non-hydrogen) atoms. The molecule has 0 unspecified atom stereocenters. The van der Waals surface area contributed by atoms with Gasteiger partial charge in [0.1, 0.15) is 17.3 Å². The van der Waals surface area contributed by atoms with E-state index >= 15 is 0 Å². The number of nitrogens with one attached hydrogen (secondary N) is 1. The summed E-state index contributed by atoms with van der Waals surface area (Å²) in [6, 6.07) is 13.7. The summed E-state index contributed by atoms with van der Waals surface area (Å²) in [5.74, 6) is 0.997. The second kappa shape index (κ2) is 8.24. The summed E-state index contributed by atoms with van der Waals surface area (Å²) in [5.41, 5.74) is 1.78. The minimum Gasteiger partial charge on any atom is -0.460 e. The van der Waals surface area contributed by atoms with E-state index < -0.39 is 5.82 Å². The van der Waals surface area contributed by atoms with Gasteiger partial charge in [0.15, 0.2) is 0 Å². The van der Waals surface area contributed by atoms with E-state index in [4.69, 9.17) is 39.2 Å². The molecule has 2 nitrogen and oxygen atoms in total. The summed E-state index contributed by atoms with van der Waals surface area (Å²) in [7, 11) is 0. The Bertz CT molecular complexity index is 879. The molecule has 1 aromatic heterocycles. The number of hydrogen-bond acceptors (Lipinski definition) is 2. The fourth-order valence-corrected chi connectivity index (χ4v) is 3.12. The molecule has 0 fully saturated rings. The van der Waals surface area contributed by atoms with Gasteiger partial charge >= 0.3 is 0 Å². The molecule has 3 aromatic rings. The third-order valence-corrected chi connectivity index (χ3v) is 4.63. The van der Waals surface area contributed by atoms with Gasteiger partial charge in [-0.3, -0.25) is 0 Å². The van der Waals surface area contributed by atoms with E-state index in [9.17, 15) is 4.39 Å². The topological polar surface area (TPSA) is 25.2 Å². The van der Waals surface area contributed by atoms with Crippen molar-refractivity contribution in [2.24, 2.45) is 0 Å².